The van der Waals surface area contributed by atoms with Crippen LogP contribution < -0.4 is 22.5 Å². The van der Waals surface area contributed by atoms with E-state index in [1.807, 2.05) is 5.43 Å². The Bertz CT molecular complexity index is 463. The van der Waals surface area contributed by atoms with Gasteiger partial charge in [0.1, 0.15) is 6.54 Å². The monoisotopic (exact) mass is 310 g/mol. The topological polar surface area (TPSA) is 110 Å². The lowest BCUT2D eigenvalue weighted by atomic mass is 10.5. The Morgan fingerprint density at radius 1 is 1.64 bits per heavy atom. The molecule has 1 aromatic heterocycles. The van der Waals surface area contributed by atoms with Crippen LogP contribution in [-0.4, -0.2) is 15.5 Å². The van der Waals surface area contributed by atoms with Crippen molar-refractivity contribution in [2.75, 3.05) is 0 Å². The molecule has 0 saturated heterocycles. The highest BCUT2D eigenvalue weighted by atomic mass is 127. The molecule has 7 nitrogen and oxygen atoms in total. The largest absolute Gasteiger partial charge is 0.328 e. The third-order valence-corrected chi connectivity index (χ3v) is 2.21. The first-order chi connectivity index (χ1) is 6.54. The van der Waals surface area contributed by atoms with Crippen molar-refractivity contribution >= 4 is 28.5 Å². The van der Waals surface area contributed by atoms with Crippen LogP contribution in [-0.2, 0) is 11.3 Å². The molecule has 0 spiro atoms. The van der Waals surface area contributed by atoms with E-state index in [-0.39, 0.29) is 6.54 Å². The molecule has 0 bridgehead atoms. The number of aromatic nitrogens is 2. The molecule has 0 fully saturated rings. The number of rotatable bonds is 2. The zero-order valence-corrected chi connectivity index (χ0v) is 9.07. The molecule has 0 unspecified atom stereocenters. The second-order valence-electron chi connectivity index (χ2n) is 2.43. The number of hydrogen-bond donors (Lipinski definition) is 3. The predicted molar refractivity (Wildman–Crippen MR) is 56.4 cm³/mol. The van der Waals surface area contributed by atoms with E-state index in [2.05, 4.69) is 4.98 Å². The zero-order chi connectivity index (χ0) is 10.7. The normalized spacial score (nSPS) is 9.86. The molecule has 0 radical (unpaired) electrons. The number of carbonyl (C=O) groups is 1. The number of nitrogens with two attached hydrogens (primary N) is 1. The Morgan fingerprint density at radius 3 is 2.86 bits per heavy atom. The fourth-order valence-electron chi connectivity index (χ4n) is 0.801. The van der Waals surface area contributed by atoms with Gasteiger partial charge in [0.05, 0.1) is 3.57 Å². The number of hydrazine groups is 1. The van der Waals surface area contributed by atoms with Crippen molar-refractivity contribution in [3.63, 3.8) is 0 Å². The summed E-state index contributed by atoms with van der Waals surface area (Å²) >= 11 is 1.76. The van der Waals surface area contributed by atoms with Crippen LogP contribution in [0.4, 0.5) is 0 Å². The van der Waals surface area contributed by atoms with Crippen molar-refractivity contribution < 1.29 is 4.79 Å². The van der Waals surface area contributed by atoms with E-state index in [1.165, 1.54) is 6.20 Å². The van der Waals surface area contributed by atoms with Gasteiger partial charge in [-0.05, 0) is 22.6 Å². The number of amides is 1. The summed E-state index contributed by atoms with van der Waals surface area (Å²) < 4.78 is 1.39. The molecule has 14 heavy (non-hydrogen) atoms. The van der Waals surface area contributed by atoms with Crippen LogP contribution in [0, 0.1) is 3.57 Å². The van der Waals surface area contributed by atoms with Crippen molar-refractivity contribution in [3.8, 4) is 0 Å². The Hall–Kier alpha value is -1.16. The molecule has 0 aromatic carbocycles. The van der Waals surface area contributed by atoms with Crippen LogP contribution in [0.25, 0.3) is 0 Å². The first-order valence-electron chi connectivity index (χ1n) is 3.53. The molecule has 0 aliphatic carbocycles. The van der Waals surface area contributed by atoms with Gasteiger partial charge in [0, 0.05) is 6.20 Å². The third kappa shape index (κ3) is 2.42. The Morgan fingerprint density at radius 2 is 2.29 bits per heavy atom. The van der Waals surface area contributed by atoms with Gasteiger partial charge in [-0.2, -0.15) is 0 Å². The summed E-state index contributed by atoms with van der Waals surface area (Å²) in [4.78, 5) is 35.0. The summed E-state index contributed by atoms with van der Waals surface area (Å²) in [5, 5.41) is 0. The molecule has 76 valence electrons. The first-order valence-corrected chi connectivity index (χ1v) is 4.61. The highest BCUT2D eigenvalue weighted by Gasteiger charge is 2.05. The van der Waals surface area contributed by atoms with Crippen LogP contribution in [0.2, 0.25) is 0 Å². The van der Waals surface area contributed by atoms with Crippen LogP contribution >= 0.6 is 22.6 Å². The zero-order valence-electron chi connectivity index (χ0n) is 6.91. The fourth-order valence-corrected chi connectivity index (χ4v) is 1.27. The van der Waals surface area contributed by atoms with Gasteiger partial charge in [0.2, 0.25) is 0 Å². The molecule has 0 atom stereocenters. The van der Waals surface area contributed by atoms with E-state index in [0.29, 0.717) is 3.57 Å². The molecule has 1 aromatic rings. The quantitative estimate of drug-likeness (QED) is 0.257. The number of nitrogens with zero attached hydrogens (tertiary/aromatic N) is 1. The summed E-state index contributed by atoms with van der Waals surface area (Å²) in [5.41, 5.74) is 0.770. The summed E-state index contributed by atoms with van der Waals surface area (Å²) in [6.07, 6.45) is 1.29. The molecule has 1 amide bonds. The van der Waals surface area contributed by atoms with Gasteiger partial charge in [-0.3, -0.25) is 24.6 Å². The molecule has 4 N–H and O–H groups in total. The Labute approximate surface area is 91.4 Å². The van der Waals surface area contributed by atoms with Gasteiger partial charge < -0.3 is 0 Å². The van der Waals surface area contributed by atoms with E-state index < -0.39 is 17.2 Å². The smallest absolute Gasteiger partial charge is 0.293 e. The van der Waals surface area contributed by atoms with Gasteiger partial charge in [0.25, 0.3) is 11.5 Å². The first kappa shape index (κ1) is 10.9. The number of carbonyl (C=O) groups excluding carboxylic acids is 1. The van der Waals surface area contributed by atoms with Gasteiger partial charge in [-0.1, -0.05) is 0 Å². The van der Waals surface area contributed by atoms with E-state index in [4.69, 9.17) is 5.84 Å². The number of nitrogens with one attached hydrogen (secondary N) is 2. The van der Waals surface area contributed by atoms with Crippen LogP contribution in [0.15, 0.2) is 15.8 Å². The average Bonchev–Trinajstić information content (AvgIpc) is 2.14. The maximum Gasteiger partial charge on any atom is 0.328 e. The van der Waals surface area contributed by atoms with Crippen molar-refractivity contribution in [3.05, 3.63) is 30.6 Å². The van der Waals surface area contributed by atoms with Crippen molar-refractivity contribution in [2.24, 2.45) is 5.84 Å². The average molecular weight is 310 g/mol. The molecule has 1 rings (SSSR count). The molecule has 0 aliphatic heterocycles. The minimum absolute atomic E-state index is 0.220. The lowest BCUT2D eigenvalue weighted by molar-refractivity contribution is -0.121. The van der Waals surface area contributed by atoms with Gasteiger partial charge in [-0.25, -0.2) is 10.6 Å². The predicted octanol–water partition coefficient (Wildman–Crippen LogP) is -1.87. The number of halogens is 1. The molecule has 0 aliphatic rings. The standard InChI is InChI=1S/C6H7IN4O3/c7-3-1-11(2-4(12)10-8)6(14)9-5(3)13/h1H,2,8H2,(H,10,12)(H,9,13,14). The van der Waals surface area contributed by atoms with E-state index in [0.717, 1.165) is 4.57 Å². The van der Waals surface area contributed by atoms with E-state index in [9.17, 15) is 14.4 Å². The second kappa shape index (κ2) is 4.37. The minimum atomic E-state index is -0.640. The van der Waals surface area contributed by atoms with Gasteiger partial charge >= 0.3 is 5.69 Å². The molecular weight excluding hydrogens is 303 g/mol. The Kier molecular flexibility index (Phi) is 3.41. The minimum Gasteiger partial charge on any atom is -0.293 e. The summed E-state index contributed by atoms with van der Waals surface area (Å²) in [6.45, 7) is -0.220. The summed E-state index contributed by atoms with van der Waals surface area (Å²) in [6, 6.07) is 0. The van der Waals surface area contributed by atoms with Gasteiger partial charge in [-0.15, -0.1) is 0 Å². The highest BCUT2D eigenvalue weighted by molar-refractivity contribution is 14.1. The lowest BCUT2D eigenvalue weighted by Crippen LogP contribution is -2.38. The van der Waals surface area contributed by atoms with Crippen LogP contribution in [0.3, 0.4) is 0 Å². The van der Waals surface area contributed by atoms with Crippen molar-refractivity contribution in [2.45, 2.75) is 6.54 Å². The summed E-state index contributed by atoms with van der Waals surface area (Å²) in [5.74, 6) is 4.33. The molecule has 1 heterocycles. The number of hydrogen-bond acceptors (Lipinski definition) is 4. The maximum atomic E-state index is 11.1. The van der Waals surface area contributed by atoms with E-state index >= 15 is 0 Å². The summed E-state index contributed by atoms with van der Waals surface area (Å²) in [7, 11) is 0. The Balaban J connectivity index is 3.11. The van der Waals surface area contributed by atoms with Crippen LogP contribution in [0.1, 0.15) is 0 Å². The second-order valence-corrected chi connectivity index (χ2v) is 3.59. The molecule has 8 heteroatoms. The number of aromatic amines is 1. The van der Waals surface area contributed by atoms with Crippen molar-refractivity contribution in [1.29, 1.82) is 0 Å². The maximum absolute atomic E-state index is 11.1. The van der Waals surface area contributed by atoms with Gasteiger partial charge in [0.15, 0.2) is 0 Å². The lowest BCUT2D eigenvalue weighted by Gasteiger charge is -2.03. The third-order valence-electron chi connectivity index (χ3n) is 1.44. The van der Waals surface area contributed by atoms with E-state index in [1.54, 1.807) is 22.6 Å². The van der Waals surface area contributed by atoms with Crippen LogP contribution in [0.5, 0.6) is 0 Å². The van der Waals surface area contributed by atoms with Crippen molar-refractivity contribution in [1.82, 2.24) is 15.0 Å². The fraction of sp³-hybridized carbons (Fsp3) is 0.167. The molecule has 0 saturated carbocycles. The highest BCUT2D eigenvalue weighted by Crippen LogP contribution is 1.92. The molecular formula is C6H7IN4O3. The number of H-pyrrole nitrogens is 1. The SMILES string of the molecule is NNC(=O)Cn1cc(I)c(=O)[nH]c1=O.